The van der Waals surface area contributed by atoms with Gasteiger partial charge in [-0.05, 0) is 0 Å². The van der Waals surface area contributed by atoms with E-state index in [1.807, 2.05) is 0 Å². The molecular weight excluding hydrogens is 168 g/mol. The lowest BCUT2D eigenvalue weighted by Gasteiger charge is -2.24. The Bertz CT molecular complexity index is 105. The Labute approximate surface area is 69.3 Å². The molecule has 12 heavy (non-hydrogen) atoms. The molecule has 0 aliphatic carbocycles. The van der Waals surface area contributed by atoms with Crippen molar-refractivity contribution < 1.29 is 30.6 Å². The summed E-state index contributed by atoms with van der Waals surface area (Å²) in [6.07, 6.45) is -6.39. The quantitative estimate of drug-likeness (QED) is 0.261. The van der Waals surface area contributed by atoms with E-state index in [9.17, 15) is 0 Å². The van der Waals surface area contributed by atoms with Gasteiger partial charge in [-0.3, -0.25) is 0 Å². The summed E-state index contributed by atoms with van der Waals surface area (Å²) in [4.78, 5) is 0. The van der Waals surface area contributed by atoms with Crippen molar-refractivity contribution in [2.75, 3.05) is 13.2 Å². The first kappa shape index (κ1) is 11.8. The SMILES string of the molecule is OC[C@@H](O)C(O)C(O)[C@@H](O)CO. The Morgan fingerprint density at radius 2 is 0.917 bits per heavy atom. The van der Waals surface area contributed by atoms with Gasteiger partial charge in [0.1, 0.15) is 24.4 Å². The summed E-state index contributed by atoms with van der Waals surface area (Å²) in [5, 5.41) is 52.2. The molecule has 0 saturated heterocycles. The molecule has 0 saturated carbocycles. The van der Waals surface area contributed by atoms with E-state index in [1.54, 1.807) is 0 Å². The molecule has 0 rings (SSSR count). The Morgan fingerprint density at radius 3 is 1.08 bits per heavy atom. The van der Waals surface area contributed by atoms with Crippen LogP contribution in [0.4, 0.5) is 0 Å². The summed E-state index contributed by atoms with van der Waals surface area (Å²) in [5.41, 5.74) is 0. The molecule has 4 atom stereocenters. The van der Waals surface area contributed by atoms with Gasteiger partial charge in [-0.1, -0.05) is 0 Å². The van der Waals surface area contributed by atoms with Gasteiger partial charge < -0.3 is 30.6 Å². The van der Waals surface area contributed by atoms with Gasteiger partial charge in [0.05, 0.1) is 13.2 Å². The highest BCUT2D eigenvalue weighted by atomic mass is 16.4. The van der Waals surface area contributed by atoms with Gasteiger partial charge in [0.15, 0.2) is 0 Å². The molecular formula is C6H14O6. The summed E-state index contributed by atoms with van der Waals surface area (Å²) in [7, 11) is 0. The minimum absolute atomic E-state index is 0.726. The third-order valence-electron chi connectivity index (χ3n) is 1.51. The number of hydrogen-bond donors (Lipinski definition) is 6. The van der Waals surface area contributed by atoms with Crippen molar-refractivity contribution in [3.8, 4) is 0 Å². The van der Waals surface area contributed by atoms with Crippen LogP contribution in [-0.4, -0.2) is 68.3 Å². The molecule has 0 aliphatic heterocycles. The molecule has 6 N–H and O–H groups in total. The van der Waals surface area contributed by atoms with Gasteiger partial charge in [0.2, 0.25) is 0 Å². The first-order valence-corrected chi connectivity index (χ1v) is 3.48. The lowest BCUT2D eigenvalue weighted by molar-refractivity contribution is -0.123. The number of rotatable bonds is 5. The fraction of sp³-hybridized carbons (Fsp3) is 1.00. The molecule has 6 nitrogen and oxygen atoms in total. The normalized spacial score (nSPS) is 21.5. The van der Waals surface area contributed by atoms with Crippen molar-refractivity contribution in [3.05, 3.63) is 0 Å². The average Bonchev–Trinajstić information content (AvgIpc) is 2.12. The third kappa shape index (κ3) is 3.02. The van der Waals surface area contributed by atoms with Crippen LogP contribution < -0.4 is 0 Å². The average molecular weight is 182 g/mol. The molecule has 0 amide bonds. The zero-order chi connectivity index (χ0) is 9.72. The Balaban J connectivity index is 3.99. The van der Waals surface area contributed by atoms with Crippen LogP contribution in [0.25, 0.3) is 0 Å². The van der Waals surface area contributed by atoms with E-state index in [-0.39, 0.29) is 0 Å². The zero-order valence-electron chi connectivity index (χ0n) is 6.41. The van der Waals surface area contributed by atoms with E-state index in [4.69, 9.17) is 30.6 Å². The number of aliphatic hydroxyl groups excluding tert-OH is 6. The molecule has 0 spiro atoms. The molecule has 0 aromatic carbocycles. The molecule has 0 aromatic heterocycles. The second-order valence-electron chi connectivity index (χ2n) is 2.48. The predicted molar refractivity (Wildman–Crippen MR) is 38.2 cm³/mol. The Kier molecular flexibility index (Phi) is 5.31. The van der Waals surface area contributed by atoms with Gasteiger partial charge >= 0.3 is 0 Å². The van der Waals surface area contributed by atoms with Gasteiger partial charge in [0.25, 0.3) is 0 Å². The van der Waals surface area contributed by atoms with E-state index in [0.29, 0.717) is 0 Å². The maximum Gasteiger partial charge on any atom is 0.111 e. The zero-order valence-corrected chi connectivity index (χ0v) is 6.41. The van der Waals surface area contributed by atoms with Crippen LogP contribution in [-0.2, 0) is 0 Å². The van der Waals surface area contributed by atoms with Crippen molar-refractivity contribution in [1.29, 1.82) is 0 Å². The Morgan fingerprint density at radius 1 is 0.667 bits per heavy atom. The van der Waals surface area contributed by atoms with E-state index >= 15 is 0 Å². The molecule has 74 valence electrons. The van der Waals surface area contributed by atoms with Gasteiger partial charge in [-0.2, -0.15) is 0 Å². The van der Waals surface area contributed by atoms with Gasteiger partial charge in [0, 0.05) is 0 Å². The largest absolute Gasteiger partial charge is 0.394 e. The van der Waals surface area contributed by atoms with Crippen LogP contribution in [0.3, 0.4) is 0 Å². The molecule has 0 bridgehead atoms. The monoisotopic (exact) mass is 182 g/mol. The molecule has 0 radical (unpaired) electrons. The predicted octanol–water partition coefficient (Wildman–Crippen LogP) is -3.59. The van der Waals surface area contributed by atoms with E-state index < -0.39 is 37.6 Å². The summed E-state index contributed by atoms with van der Waals surface area (Å²) in [6.45, 7) is -1.45. The lowest BCUT2D eigenvalue weighted by atomic mass is 10.0. The van der Waals surface area contributed by atoms with Crippen LogP contribution >= 0.6 is 0 Å². The second kappa shape index (κ2) is 5.41. The van der Waals surface area contributed by atoms with E-state index in [0.717, 1.165) is 0 Å². The lowest BCUT2D eigenvalue weighted by Crippen LogP contribution is -2.46. The fourth-order valence-corrected chi connectivity index (χ4v) is 0.671. The molecule has 6 heteroatoms. The first-order valence-electron chi connectivity index (χ1n) is 3.48. The highest BCUT2D eigenvalue weighted by molar-refractivity contribution is 4.79. The van der Waals surface area contributed by atoms with Crippen molar-refractivity contribution >= 4 is 0 Å². The van der Waals surface area contributed by atoms with Crippen molar-refractivity contribution in [2.24, 2.45) is 0 Å². The van der Waals surface area contributed by atoms with Gasteiger partial charge in [-0.15, -0.1) is 0 Å². The van der Waals surface area contributed by atoms with Crippen molar-refractivity contribution in [2.45, 2.75) is 24.4 Å². The van der Waals surface area contributed by atoms with E-state index in [1.165, 1.54) is 0 Å². The summed E-state index contributed by atoms with van der Waals surface area (Å²) in [5.74, 6) is 0. The van der Waals surface area contributed by atoms with Crippen LogP contribution in [0, 0.1) is 0 Å². The van der Waals surface area contributed by atoms with E-state index in [2.05, 4.69) is 0 Å². The molecule has 0 heterocycles. The maximum absolute atomic E-state index is 8.96. The molecule has 0 fully saturated rings. The minimum Gasteiger partial charge on any atom is -0.394 e. The second-order valence-corrected chi connectivity index (χ2v) is 2.48. The summed E-state index contributed by atoms with van der Waals surface area (Å²) >= 11 is 0. The van der Waals surface area contributed by atoms with Crippen LogP contribution in [0.15, 0.2) is 0 Å². The topological polar surface area (TPSA) is 121 Å². The van der Waals surface area contributed by atoms with Crippen LogP contribution in [0.2, 0.25) is 0 Å². The highest BCUT2D eigenvalue weighted by Crippen LogP contribution is 2.03. The Hall–Kier alpha value is -0.240. The minimum atomic E-state index is -1.67. The summed E-state index contributed by atoms with van der Waals surface area (Å²) < 4.78 is 0. The van der Waals surface area contributed by atoms with Crippen molar-refractivity contribution in [1.82, 2.24) is 0 Å². The number of aliphatic hydroxyl groups is 6. The first-order chi connectivity index (χ1) is 5.54. The van der Waals surface area contributed by atoms with Crippen molar-refractivity contribution in [3.63, 3.8) is 0 Å². The van der Waals surface area contributed by atoms with Crippen LogP contribution in [0.5, 0.6) is 0 Å². The van der Waals surface area contributed by atoms with Gasteiger partial charge in [-0.25, -0.2) is 0 Å². The number of hydrogen-bond acceptors (Lipinski definition) is 6. The summed E-state index contributed by atoms with van der Waals surface area (Å²) in [6, 6.07) is 0. The smallest absolute Gasteiger partial charge is 0.111 e. The van der Waals surface area contributed by atoms with Crippen LogP contribution in [0.1, 0.15) is 0 Å². The third-order valence-corrected chi connectivity index (χ3v) is 1.51. The fourth-order valence-electron chi connectivity index (χ4n) is 0.671. The molecule has 0 aromatic rings. The standard InChI is InChI=1S/C6H14O6/c7-1-3(9)5(11)6(12)4(10)2-8/h3-12H,1-2H2/t3-,4+,5?,6?. The highest BCUT2D eigenvalue weighted by Gasteiger charge is 2.29. The maximum atomic E-state index is 8.96. The molecule has 0 aliphatic rings. The molecule has 2 unspecified atom stereocenters.